The van der Waals surface area contributed by atoms with Crippen LogP contribution in [0.2, 0.25) is 0 Å². The van der Waals surface area contributed by atoms with Crippen LogP contribution in [0, 0.1) is 0 Å². The molecule has 124 valence electrons. The first-order valence-corrected chi connectivity index (χ1v) is 9.02. The molecule has 0 aliphatic heterocycles. The smallest absolute Gasteiger partial charge is 0.333 e. The number of rotatable bonds is 14. The molecule has 0 N–H and O–H groups in total. The highest BCUT2D eigenvalue weighted by atomic mass is 16.5. The van der Waals surface area contributed by atoms with Crippen molar-refractivity contribution >= 4 is 5.97 Å². The molecule has 0 aromatic rings. The van der Waals surface area contributed by atoms with Crippen LogP contribution in [0.25, 0.3) is 0 Å². The highest BCUT2D eigenvalue weighted by molar-refractivity contribution is 5.87. The third-order valence-electron chi connectivity index (χ3n) is 3.99. The number of carbonyl (C=O) groups excluding carboxylic acids is 1. The largest absolute Gasteiger partial charge is 0.462 e. The van der Waals surface area contributed by atoms with Crippen molar-refractivity contribution in [3.05, 3.63) is 11.6 Å². The van der Waals surface area contributed by atoms with E-state index in [1.807, 2.05) is 6.92 Å². The maximum Gasteiger partial charge on any atom is 0.333 e. The van der Waals surface area contributed by atoms with E-state index in [9.17, 15) is 4.79 Å². The summed E-state index contributed by atoms with van der Waals surface area (Å²) >= 11 is 0. The molecule has 0 spiro atoms. The molecule has 0 amide bonds. The summed E-state index contributed by atoms with van der Waals surface area (Å²) in [7, 11) is 0. The van der Waals surface area contributed by atoms with Crippen LogP contribution < -0.4 is 0 Å². The van der Waals surface area contributed by atoms with Crippen LogP contribution in [0.5, 0.6) is 0 Å². The molecule has 0 atom stereocenters. The van der Waals surface area contributed by atoms with E-state index in [4.69, 9.17) is 4.74 Å². The Labute approximate surface area is 132 Å². The number of hydrogen-bond donors (Lipinski definition) is 0. The average Bonchev–Trinajstić information content (AvgIpc) is 2.50. The van der Waals surface area contributed by atoms with Crippen LogP contribution >= 0.6 is 0 Å². The van der Waals surface area contributed by atoms with Gasteiger partial charge in [0.15, 0.2) is 0 Å². The van der Waals surface area contributed by atoms with E-state index < -0.39 is 0 Å². The van der Waals surface area contributed by atoms with E-state index >= 15 is 0 Å². The van der Waals surface area contributed by atoms with Crippen LogP contribution in [0.1, 0.15) is 97.8 Å². The second kappa shape index (κ2) is 15.6. The van der Waals surface area contributed by atoms with Crippen molar-refractivity contribution in [1.82, 2.24) is 0 Å². The van der Waals surface area contributed by atoms with Gasteiger partial charge in [0, 0.05) is 5.57 Å². The van der Waals surface area contributed by atoms with Crippen LogP contribution in [-0.2, 0) is 9.53 Å². The van der Waals surface area contributed by atoms with Crippen molar-refractivity contribution in [2.24, 2.45) is 0 Å². The normalized spacial score (nSPS) is 11.7. The van der Waals surface area contributed by atoms with Crippen LogP contribution in [0.15, 0.2) is 11.6 Å². The van der Waals surface area contributed by atoms with Crippen LogP contribution in [0.3, 0.4) is 0 Å². The van der Waals surface area contributed by atoms with Crippen molar-refractivity contribution < 1.29 is 9.53 Å². The molecule has 0 aromatic carbocycles. The van der Waals surface area contributed by atoms with Gasteiger partial charge in [0.25, 0.3) is 0 Å². The summed E-state index contributed by atoms with van der Waals surface area (Å²) in [5, 5.41) is 0. The molecule has 0 saturated heterocycles. The number of unbranched alkanes of at least 4 members (excludes halogenated alkanes) is 11. The maximum atomic E-state index is 11.4. The first-order chi connectivity index (χ1) is 10.2. The molecule has 0 rings (SSSR count). The zero-order chi connectivity index (χ0) is 15.8. The van der Waals surface area contributed by atoms with Gasteiger partial charge in [-0.2, -0.15) is 0 Å². The maximum absolute atomic E-state index is 11.4. The second-order valence-electron chi connectivity index (χ2n) is 6.00. The Bertz CT molecular complexity index is 269. The lowest BCUT2D eigenvalue weighted by atomic mass is 10.1. The average molecular weight is 296 g/mol. The molecule has 0 saturated carbocycles. The van der Waals surface area contributed by atoms with Gasteiger partial charge in [0.1, 0.15) is 0 Å². The van der Waals surface area contributed by atoms with Gasteiger partial charge >= 0.3 is 5.97 Å². The third-order valence-corrected chi connectivity index (χ3v) is 3.99. The minimum atomic E-state index is -0.166. The molecule has 0 fully saturated rings. The molecule has 0 aromatic heterocycles. The van der Waals surface area contributed by atoms with Gasteiger partial charge in [0.2, 0.25) is 0 Å². The third kappa shape index (κ3) is 13.9. The zero-order valence-electron chi connectivity index (χ0n) is 14.6. The van der Waals surface area contributed by atoms with Crippen LogP contribution in [-0.4, -0.2) is 12.6 Å². The molecule has 0 aliphatic carbocycles. The minimum Gasteiger partial charge on any atom is -0.462 e. The first-order valence-electron chi connectivity index (χ1n) is 9.02. The predicted molar refractivity (Wildman–Crippen MR) is 91.5 cm³/mol. The lowest BCUT2D eigenvalue weighted by Gasteiger charge is -2.05. The Morgan fingerprint density at radius 3 is 1.67 bits per heavy atom. The van der Waals surface area contributed by atoms with Gasteiger partial charge < -0.3 is 4.74 Å². The standard InChI is InChI=1S/C19H36O2/c1-4-6-7-8-9-10-11-12-13-14-15-16-17-21-19(20)18(3)5-2/h5H,4,6-17H2,1-3H3/b18-5+. The fourth-order valence-corrected chi connectivity index (χ4v) is 2.34. The van der Waals surface area contributed by atoms with Gasteiger partial charge in [0.05, 0.1) is 6.61 Å². The monoisotopic (exact) mass is 296 g/mol. The highest BCUT2D eigenvalue weighted by Crippen LogP contribution is 2.12. The number of ether oxygens (including phenoxy) is 1. The molecule has 2 heteroatoms. The summed E-state index contributed by atoms with van der Waals surface area (Å²) in [6.07, 6.45) is 17.7. The van der Waals surface area contributed by atoms with E-state index in [0.29, 0.717) is 12.2 Å². The predicted octanol–water partition coefficient (Wildman–Crippen LogP) is 6.20. The lowest BCUT2D eigenvalue weighted by Crippen LogP contribution is -2.06. The van der Waals surface area contributed by atoms with Crippen molar-refractivity contribution in [1.29, 1.82) is 0 Å². The summed E-state index contributed by atoms with van der Waals surface area (Å²) in [5.74, 6) is -0.166. The van der Waals surface area contributed by atoms with Crippen LogP contribution in [0.4, 0.5) is 0 Å². The molecular formula is C19H36O2. The number of hydrogen-bond acceptors (Lipinski definition) is 2. The summed E-state index contributed by atoms with van der Waals surface area (Å²) < 4.78 is 5.18. The number of allylic oxidation sites excluding steroid dienone is 1. The highest BCUT2D eigenvalue weighted by Gasteiger charge is 2.03. The Balaban J connectivity index is 3.14. The summed E-state index contributed by atoms with van der Waals surface area (Å²) in [4.78, 5) is 11.4. The van der Waals surface area contributed by atoms with Crippen molar-refractivity contribution in [2.75, 3.05) is 6.61 Å². The zero-order valence-corrected chi connectivity index (χ0v) is 14.6. The molecular weight excluding hydrogens is 260 g/mol. The van der Waals surface area contributed by atoms with Gasteiger partial charge in [-0.3, -0.25) is 0 Å². The summed E-state index contributed by atoms with van der Waals surface area (Å²) in [6.45, 7) is 6.50. The van der Waals surface area contributed by atoms with E-state index in [-0.39, 0.29) is 5.97 Å². The molecule has 0 radical (unpaired) electrons. The topological polar surface area (TPSA) is 26.3 Å². The van der Waals surface area contributed by atoms with Gasteiger partial charge in [-0.05, 0) is 20.3 Å². The van der Waals surface area contributed by atoms with E-state index in [1.165, 1.54) is 70.6 Å². The fraction of sp³-hybridized carbons (Fsp3) is 0.842. The molecule has 21 heavy (non-hydrogen) atoms. The molecule has 2 nitrogen and oxygen atoms in total. The van der Waals surface area contributed by atoms with E-state index in [1.54, 1.807) is 13.0 Å². The summed E-state index contributed by atoms with van der Waals surface area (Å²) in [5.41, 5.74) is 0.703. The van der Waals surface area contributed by atoms with Gasteiger partial charge in [-0.1, -0.05) is 83.6 Å². The van der Waals surface area contributed by atoms with Gasteiger partial charge in [-0.25, -0.2) is 4.79 Å². The Kier molecular flexibility index (Phi) is 15.0. The van der Waals surface area contributed by atoms with E-state index in [2.05, 4.69) is 6.92 Å². The lowest BCUT2D eigenvalue weighted by molar-refractivity contribution is -0.139. The second-order valence-corrected chi connectivity index (χ2v) is 6.00. The van der Waals surface area contributed by atoms with Gasteiger partial charge in [-0.15, -0.1) is 0 Å². The molecule has 0 unspecified atom stereocenters. The SMILES string of the molecule is C/C=C(\C)C(=O)OCCCCCCCCCCCCCC. The van der Waals surface area contributed by atoms with E-state index in [0.717, 1.165) is 6.42 Å². The fourth-order valence-electron chi connectivity index (χ4n) is 2.34. The number of carbonyl (C=O) groups is 1. The first kappa shape index (κ1) is 20.2. The molecule has 0 aliphatic rings. The minimum absolute atomic E-state index is 0.166. The summed E-state index contributed by atoms with van der Waals surface area (Å²) in [6, 6.07) is 0. The Hall–Kier alpha value is -0.790. The Morgan fingerprint density at radius 1 is 0.810 bits per heavy atom. The van der Waals surface area contributed by atoms with Crippen molar-refractivity contribution in [3.63, 3.8) is 0 Å². The molecule has 0 bridgehead atoms. The van der Waals surface area contributed by atoms with Crippen molar-refractivity contribution in [2.45, 2.75) is 97.8 Å². The quantitative estimate of drug-likeness (QED) is 0.217. The van der Waals surface area contributed by atoms with Crippen molar-refractivity contribution in [3.8, 4) is 0 Å². The Morgan fingerprint density at radius 2 is 1.24 bits per heavy atom. The number of esters is 1. The molecule has 0 heterocycles.